The van der Waals surface area contributed by atoms with Crippen LogP contribution in [0.1, 0.15) is 0 Å². The summed E-state index contributed by atoms with van der Waals surface area (Å²) in [6.07, 6.45) is 0. The van der Waals surface area contributed by atoms with E-state index in [0.717, 1.165) is 21.5 Å². The Morgan fingerprint density at radius 1 is 0.440 bits per heavy atom. The minimum atomic E-state index is -3.28. The Bertz CT molecular complexity index is 985. The summed E-state index contributed by atoms with van der Waals surface area (Å²) in [6.45, 7) is 0. The first-order valence-electron chi connectivity index (χ1n) is 8.10. The van der Waals surface area contributed by atoms with E-state index >= 15 is 0 Å². The molecule has 0 saturated heterocycles. The van der Waals surface area contributed by atoms with Crippen LogP contribution in [0, 0.1) is 0 Å². The number of benzene rings is 4. The van der Waals surface area contributed by atoms with Gasteiger partial charge in [0.1, 0.15) is 0 Å². The number of rotatable bonds is 0. The second kappa shape index (κ2) is 4.46. The van der Waals surface area contributed by atoms with Crippen LogP contribution in [0.2, 0.25) is 0 Å². The van der Waals surface area contributed by atoms with Gasteiger partial charge < -0.3 is 17.7 Å². The highest BCUT2D eigenvalue weighted by molar-refractivity contribution is 6.59. The molecule has 120 valence electrons. The maximum Gasteiger partial charge on any atom is 0.967 e. The molecule has 0 unspecified atom stereocenters. The van der Waals surface area contributed by atoms with Crippen LogP contribution in [-0.4, -0.2) is 9.05 Å². The summed E-state index contributed by atoms with van der Waals surface area (Å²) in [5.41, 5.74) is 0. The van der Waals surface area contributed by atoms with Crippen LogP contribution < -0.4 is 17.7 Å². The fraction of sp³-hybridized carbons (Fsp3) is 0. The molecule has 5 heteroatoms. The zero-order valence-corrected chi connectivity index (χ0v) is 14.1. The molecule has 0 N–H and O–H groups in total. The van der Waals surface area contributed by atoms with Crippen molar-refractivity contribution in [1.82, 2.24) is 0 Å². The molecule has 0 bridgehead atoms. The molecule has 4 aromatic carbocycles. The van der Waals surface area contributed by atoms with Gasteiger partial charge in [0.2, 0.25) is 0 Å². The second-order valence-electron chi connectivity index (χ2n) is 6.20. The average Bonchev–Trinajstić information content (AvgIpc) is 3.14. The van der Waals surface area contributed by atoms with E-state index in [1.165, 1.54) is 0 Å². The number of hydrogen-bond acceptors (Lipinski definition) is 4. The van der Waals surface area contributed by atoms with E-state index in [1.807, 2.05) is 72.8 Å². The van der Waals surface area contributed by atoms with Gasteiger partial charge in [-0.05, 0) is 45.8 Å². The summed E-state index contributed by atoms with van der Waals surface area (Å²) < 4.78 is 24.2. The zero-order chi connectivity index (χ0) is 16.4. The molecule has 0 aromatic heterocycles. The molecule has 0 fully saturated rings. The molecule has 1 spiro atoms. The van der Waals surface area contributed by atoms with Gasteiger partial charge in [-0.25, -0.2) is 0 Å². The van der Waals surface area contributed by atoms with Crippen LogP contribution in [0.5, 0.6) is 23.0 Å². The maximum atomic E-state index is 6.04. The molecule has 2 heterocycles. The maximum absolute atomic E-state index is 6.04. The third-order valence-corrected chi connectivity index (χ3v) is 6.44. The zero-order valence-electron chi connectivity index (χ0n) is 13.1. The predicted octanol–water partition coefficient (Wildman–Crippen LogP) is 4.67. The SMILES string of the molecule is c1ccc2cc3c(cc2c1)O[Si]1(O3)Oc2cc3ccccc3cc2O1. The first-order chi connectivity index (χ1) is 12.3. The molecular formula is C20H12O4Si. The lowest BCUT2D eigenvalue weighted by atomic mass is 10.1. The monoisotopic (exact) mass is 344 g/mol. The van der Waals surface area contributed by atoms with Gasteiger partial charge in [-0.2, -0.15) is 0 Å². The average molecular weight is 344 g/mol. The van der Waals surface area contributed by atoms with Crippen LogP contribution in [-0.2, 0) is 0 Å². The summed E-state index contributed by atoms with van der Waals surface area (Å²) >= 11 is 0. The van der Waals surface area contributed by atoms with Crippen molar-refractivity contribution < 1.29 is 17.7 Å². The lowest BCUT2D eigenvalue weighted by Gasteiger charge is -2.11. The molecule has 0 aliphatic carbocycles. The Morgan fingerprint density at radius 3 is 1.00 bits per heavy atom. The first-order valence-corrected chi connectivity index (χ1v) is 9.73. The van der Waals surface area contributed by atoms with E-state index in [9.17, 15) is 0 Å². The smallest absolute Gasteiger partial charge is 0.448 e. The summed E-state index contributed by atoms with van der Waals surface area (Å²) in [6, 6.07) is 24.1. The van der Waals surface area contributed by atoms with Crippen molar-refractivity contribution in [3.05, 3.63) is 72.8 Å². The van der Waals surface area contributed by atoms with Gasteiger partial charge in [0.05, 0.1) is 0 Å². The summed E-state index contributed by atoms with van der Waals surface area (Å²) in [7, 11) is -3.28. The largest absolute Gasteiger partial charge is 0.967 e. The van der Waals surface area contributed by atoms with Crippen LogP contribution in [0.25, 0.3) is 21.5 Å². The standard InChI is InChI=1S/C20H12O4Si/c1-2-6-14-10-18-17(9-13(14)5-1)21-25(22-18)23-19-11-15-7-3-4-8-16(15)12-20(19)24-25/h1-12H. The van der Waals surface area contributed by atoms with Gasteiger partial charge in [-0.3, -0.25) is 0 Å². The van der Waals surface area contributed by atoms with Crippen molar-refractivity contribution >= 4 is 30.6 Å². The molecule has 0 saturated carbocycles. The molecule has 25 heavy (non-hydrogen) atoms. The molecule has 4 nitrogen and oxygen atoms in total. The van der Waals surface area contributed by atoms with E-state index in [1.54, 1.807) is 0 Å². The lowest BCUT2D eigenvalue weighted by Crippen LogP contribution is -2.54. The van der Waals surface area contributed by atoms with Crippen LogP contribution in [0.15, 0.2) is 72.8 Å². The van der Waals surface area contributed by atoms with Crippen molar-refractivity contribution in [2.45, 2.75) is 0 Å². The Kier molecular flexibility index (Phi) is 2.34. The van der Waals surface area contributed by atoms with Crippen molar-refractivity contribution in [2.75, 3.05) is 0 Å². The highest BCUT2D eigenvalue weighted by atomic mass is 28.4. The van der Waals surface area contributed by atoms with Gasteiger partial charge in [0.15, 0.2) is 23.0 Å². The molecule has 0 amide bonds. The normalized spacial score (nSPS) is 16.0. The van der Waals surface area contributed by atoms with Crippen LogP contribution >= 0.6 is 0 Å². The van der Waals surface area contributed by atoms with Gasteiger partial charge in [-0.1, -0.05) is 48.5 Å². The molecule has 2 aliphatic heterocycles. The highest BCUT2D eigenvalue weighted by Crippen LogP contribution is 2.47. The quantitative estimate of drug-likeness (QED) is 0.434. The van der Waals surface area contributed by atoms with Crippen molar-refractivity contribution in [2.24, 2.45) is 0 Å². The number of fused-ring (bicyclic) bond motifs is 4. The molecular weight excluding hydrogens is 332 g/mol. The molecule has 0 atom stereocenters. The Hall–Kier alpha value is -3.18. The summed E-state index contributed by atoms with van der Waals surface area (Å²) in [5, 5.41) is 4.38. The third-order valence-electron chi connectivity index (χ3n) is 4.56. The summed E-state index contributed by atoms with van der Waals surface area (Å²) in [4.78, 5) is 0. The Labute approximate surface area is 144 Å². The third kappa shape index (κ3) is 1.87. The van der Waals surface area contributed by atoms with Gasteiger partial charge in [0.25, 0.3) is 0 Å². The van der Waals surface area contributed by atoms with Gasteiger partial charge >= 0.3 is 9.05 Å². The Morgan fingerprint density at radius 2 is 0.720 bits per heavy atom. The van der Waals surface area contributed by atoms with Crippen molar-refractivity contribution in [1.29, 1.82) is 0 Å². The van der Waals surface area contributed by atoms with Crippen LogP contribution in [0.4, 0.5) is 0 Å². The van der Waals surface area contributed by atoms with E-state index in [2.05, 4.69) is 0 Å². The van der Waals surface area contributed by atoms with Crippen molar-refractivity contribution in [3.8, 4) is 23.0 Å². The fourth-order valence-corrected chi connectivity index (χ4v) is 5.35. The van der Waals surface area contributed by atoms with E-state index in [0.29, 0.717) is 23.0 Å². The minimum Gasteiger partial charge on any atom is -0.448 e. The van der Waals surface area contributed by atoms with Crippen LogP contribution in [0.3, 0.4) is 0 Å². The summed E-state index contributed by atoms with van der Waals surface area (Å²) in [5.74, 6) is 2.68. The fourth-order valence-electron chi connectivity index (χ4n) is 3.38. The first kappa shape index (κ1) is 13.1. The lowest BCUT2D eigenvalue weighted by molar-refractivity contribution is 0.224. The predicted molar refractivity (Wildman–Crippen MR) is 96.2 cm³/mol. The van der Waals surface area contributed by atoms with E-state index in [-0.39, 0.29) is 0 Å². The molecule has 0 radical (unpaired) electrons. The molecule has 2 aliphatic rings. The molecule has 6 rings (SSSR count). The topological polar surface area (TPSA) is 36.9 Å². The van der Waals surface area contributed by atoms with Gasteiger partial charge in [0, 0.05) is 0 Å². The van der Waals surface area contributed by atoms with E-state index < -0.39 is 9.05 Å². The highest BCUT2D eigenvalue weighted by Gasteiger charge is 2.66. The van der Waals surface area contributed by atoms with E-state index in [4.69, 9.17) is 17.7 Å². The second-order valence-corrected chi connectivity index (χ2v) is 8.02. The molecule has 4 aromatic rings. The minimum absolute atomic E-state index is 0.669. The van der Waals surface area contributed by atoms with Crippen molar-refractivity contribution in [3.63, 3.8) is 0 Å². The Balaban J connectivity index is 1.43. The number of hydrogen-bond donors (Lipinski definition) is 0. The van der Waals surface area contributed by atoms with Gasteiger partial charge in [-0.15, -0.1) is 0 Å².